The minimum absolute atomic E-state index is 0.0161. The lowest BCUT2D eigenvalue weighted by molar-refractivity contribution is -0.124. The van der Waals surface area contributed by atoms with E-state index in [1.54, 1.807) is 9.80 Å². The lowest BCUT2D eigenvalue weighted by atomic mass is 10.2. The molecule has 0 aliphatic carbocycles. The fraction of sp³-hybridized carbons (Fsp3) is 0.500. The molecule has 1 unspecified atom stereocenters. The van der Waals surface area contributed by atoms with Crippen molar-refractivity contribution >= 4 is 23.3 Å². The minimum atomic E-state index is -0.336. The largest absolute Gasteiger partial charge is 0.368 e. The zero-order valence-corrected chi connectivity index (χ0v) is 12.7. The maximum Gasteiger partial charge on any atom is 0.324 e. The fourth-order valence-corrected chi connectivity index (χ4v) is 2.83. The van der Waals surface area contributed by atoms with Crippen molar-refractivity contribution in [2.45, 2.75) is 25.4 Å². The number of benzene rings is 1. The van der Waals surface area contributed by atoms with Gasteiger partial charge in [0, 0.05) is 38.1 Å². The second-order valence-electron chi connectivity index (χ2n) is 5.75. The molecule has 6 nitrogen and oxygen atoms in total. The molecule has 1 aromatic carbocycles. The molecule has 1 atom stereocenters. The van der Waals surface area contributed by atoms with Crippen LogP contribution in [0.3, 0.4) is 0 Å². The summed E-state index contributed by atoms with van der Waals surface area (Å²) < 4.78 is 5.36. The number of nitrogens with zero attached hydrogens (tertiary/aromatic N) is 2. The standard InChI is InChI=1S/C16H21N3O3/c1-18-9-3-10-19(16(18)21)13-7-5-12(6-8-13)17-15(20)14-4-2-11-22-14/h5-8,14H,2-4,9-11H2,1H3,(H,17,20). The van der Waals surface area contributed by atoms with E-state index in [1.165, 1.54) is 0 Å². The van der Waals surface area contributed by atoms with Crippen molar-refractivity contribution in [1.82, 2.24) is 4.90 Å². The third-order valence-corrected chi connectivity index (χ3v) is 4.10. The van der Waals surface area contributed by atoms with Gasteiger partial charge in [-0.15, -0.1) is 0 Å². The molecule has 0 aromatic heterocycles. The summed E-state index contributed by atoms with van der Waals surface area (Å²) in [6, 6.07) is 7.39. The highest BCUT2D eigenvalue weighted by atomic mass is 16.5. The first kappa shape index (κ1) is 14.8. The Bertz CT molecular complexity index is 552. The summed E-state index contributed by atoms with van der Waals surface area (Å²) in [6.45, 7) is 2.18. The van der Waals surface area contributed by atoms with Crippen LogP contribution in [0.2, 0.25) is 0 Å². The topological polar surface area (TPSA) is 61.9 Å². The van der Waals surface area contributed by atoms with Gasteiger partial charge in [0.25, 0.3) is 5.91 Å². The van der Waals surface area contributed by atoms with Gasteiger partial charge in [0.1, 0.15) is 6.10 Å². The monoisotopic (exact) mass is 303 g/mol. The molecule has 1 N–H and O–H groups in total. The van der Waals surface area contributed by atoms with E-state index in [-0.39, 0.29) is 18.0 Å². The molecule has 2 saturated heterocycles. The van der Waals surface area contributed by atoms with Gasteiger partial charge in [0.05, 0.1) is 0 Å². The van der Waals surface area contributed by atoms with Crippen LogP contribution in [0.15, 0.2) is 24.3 Å². The first-order chi connectivity index (χ1) is 10.6. The van der Waals surface area contributed by atoms with Crippen molar-refractivity contribution in [3.63, 3.8) is 0 Å². The van der Waals surface area contributed by atoms with Crippen LogP contribution in [0.1, 0.15) is 19.3 Å². The number of nitrogens with one attached hydrogen (secondary N) is 1. The molecule has 3 amide bonds. The molecule has 2 fully saturated rings. The highest BCUT2D eigenvalue weighted by molar-refractivity contribution is 5.95. The van der Waals surface area contributed by atoms with E-state index in [4.69, 9.17) is 4.74 Å². The summed E-state index contributed by atoms with van der Waals surface area (Å²) >= 11 is 0. The number of urea groups is 1. The van der Waals surface area contributed by atoms with Crippen molar-refractivity contribution in [3.05, 3.63) is 24.3 Å². The van der Waals surface area contributed by atoms with E-state index in [0.717, 1.165) is 43.7 Å². The number of hydrogen-bond acceptors (Lipinski definition) is 3. The number of hydrogen-bond donors (Lipinski definition) is 1. The number of ether oxygens (including phenoxy) is 1. The van der Waals surface area contributed by atoms with Gasteiger partial charge in [-0.1, -0.05) is 0 Å². The van der Waals surface area contributed by atoms with Gasteiger partial charge in [-0.3, -0.25) is 9.69 Å². The van der Waals surface area contributed by atoms with E-state index in [1.807, 2.05) is 31.3 Å². The van der Waals surface area contributed by atoms with Crippen molar-refractivity contribution in [3.8, 4) is 0 Å². The molecule has 0 bridgehead atoms. The molecular formula is C16H21N3O3. The number of rotatable bonds is 3. The highest BCUT2D eigenvalue weighted by Gasteiger charge is 2.25. The molecule has 0 saturated carbocycles. The van der Waals surface area contributed by atoms with Crippen LogP contribution in [-0.2, 0) is 9.53 Å². The lowest BCUT2D eigenvalue weighted by Crippen LogP contribution is -2.47. The molecule has 118 valence electrons. The minimum Gasteiger partial charge on any atom is -0.368 e. The van der Waals surface area contributed by atoms with Gasteiger partial charge in [0.2, 0.25) is 0 Å². The van der Waals surface area contributed by atoms with E-state index >= 15 is 0 Å². The van der Waals surface area contributed by atoms with Crippen LogP contribution < -0.4 is 10.2 Å². The van der Waals surface area contributed by atoms with Gasteiger partial charge in [0.15, 0.2) is 0 Å². The van der Waals surface area contributed by atoms with E-state index in [2.05, 4.69) is 5.32 Å². The summed E-state index contributed by atoms with van der Waals surface area (Å²) in [4.78, 5) is 27.6. The summed E-state index contributed by atoms with van der Waals surface area (Å²) in [5.41, 5.74) is 1.58. The smallest absolute Gasteiger partial charge is 0.324 e. The van der Waals surface area contributed by atoms with Crippen LogP contribution in [0.5, 0.6) is 0 Å². The Balaban J connectivity index is 1.64. The lowest BCUT2D eigenvalue weighted by Gasteiger charge is -2.33. The molecule has 22 heavy (non-hydrogen) atoms. The first-order valence-electron chi connectivity index (χ1n) is 7.70. The Morgan fingerprint density at radius 3 is 2.68 bits per heavy atom. The molecule has 2 aliphatic heterocycles. The summed E-state index contributed by atoms with van der Waals surface area (Å²) in [5, 5.41) is 2.86. The molecule has 2 heterocycles. The highest BCUT2D eigenvalue weighted by Crippen LogP contribution is 2.22. The van der Waals surface area contributed by atoms with Gasteiger partial charge >= 0.3 is 6.03 Å². The average molecular weight is 303 g/mol. The van der Waals surface area contributed by atoms with Crippen molar-refractivity contribution in [2.75, 3.05) is 37.0 Å². The SMILES string of the molecule is CN1CCCN(c2ccc(NC(=O)C3CCCO3)cc2)C1=O. The first-order valence-corrected chi connectivity index (χ1v) is 7.70. The van der Waals surface area contributed by atoms with E-state index in [9.17, 15) is 9.59 Å². The fourth-order valence-electron chi connectivity index (χ4n) is 2.83. The van der Waals surface area contributed by atoms with Crippen LogP contribution in [-0.4, -0.2) is 49.7 Å². The van der Waals surface area contributed by atoms with Gasteiger partial charge in [-0.05, 0) is 43.5 Å². The van der Waals surface area contributed by atoms with Crippen molar-refractivity contribution in [2.24, 2.45) is 0 Å². The molecule has 1 aromatic rings. The molecule has 6 heteroatoms. The van der Waals surface area contributed by atoms with E-state index < -0.39 is 0 Å². The second-order valence-corrected chi connectivity index (χ2v) is 5.75. The number of carbonyl (C=O) groups is 2. The Hall–Kier alpha value is -2.08. The van der Waals surface area contributed by atoms with Crippen LogP contribution >= 0.6 is 0 Å². The maximum absolute atomic E-state index is 12.1. The number of amides is 3. The Labute approximate surface area is 130 Å². The normalized spacial score (nSPS) is 22.0. The molecular weight excluding hydrogens is 282 g/mol. The predicted molar refractivity (Wildman–Crippen MR) is 84.0 cm³/mol. The quantitative estimate of drug-likeness (QED) is 0.930. The third-order valence-electron chi connectivity index (χ3n) is 4.10. The molecule has 0 radical (unpaired) electrons. The summed E-state index contributed by atoms with van der Waals surface area (Å²) in [7, 11) is 1.81. The van der Waals surface area contributed by atoms with E-state index in [0.29, 0.717) is 6.61 Å². The Morgan fingerprint density at radius 1 is 1.23 bits per heavy atom. The van der Waals surface area contributed by atoms with Crippen molar-refractivity contribution < 1.29 is 14.3 Å². The Morgan fingerprint density at radius 2 is 2.00 bits per heavy atom. The van der Waals surface area contributed by atoms with Gasteiger partial charge in [-0.25, -0.2) is 4.79 Å². The average Bonchev–Trinajstić information content (AvgIpc) is 3.05. The summed E-state index contributed by atoms with van der Waals surface area (Å²) in [5.74, 6) is -0.0981. The third kappa shape index (κ3) is 3.06. The van der Waals surface area contributed by atoms with Crippen LogP contribution in [0.25, 0.3) is 0 Å². The predicted octanol–water partition coefficient (Wildman–Crippen LogP) is 2.07. The Kier molecular flexibility index (Phi) is 4.29. The second kappa shape index (κ2) is 6.36. The number of carbonyl (C=O) groups excluding carboxylic acids is 2. The van der Waals surface area contributed by atoms with Gasteiger partial charge < -0.3 is 15.0 Å². The van der Waals surface area contributed by atoms with Gasteiger partial charge in [-0.2, -0.15) is 0 Å². The maximum atomic E-state index is 12.1. The summed E-state index contributed by atoms with van der Waals surface area (Å²) in [6.07, 6.45) is 2.33. The zero-order valence-electron chi connectivity index (χ0n) is 12.7. The van der Waals surface area contributed by atoms with Crippen LogP contribution in [0.4, 0.5) is 16.2 Å². The molecule has 0 spiro atoms. The zero-order chi connectivity index (χ0) is 15.5. The molecule has 2 aliphatic rings. The molecule has 3 rings (SSSR count). The number of anilines is 2. The van der Waals surface area contributed by atoms with Crippen LogP contribution in [0, 0.1) is 0 Å². The van der Waals surface area contributed by atoms with Crippen molar-refractivity contribution in [1.29, 1.82) is 0 Å².